The molecule has 6 N–H and O–H groups in total. The van der Waals surface area contributed by atoms with E-state index in [4.69, 9.17) is 5.73 Å². The van der Waals surface area contributed by atoms with Crippen molar-refractivity contribution in [2.75, 3.05) is 11.1 Å². The quantitative estimate of drug-likeness (QED) is 0.529. The molecule has 3 rings (SSSR count). The van der Waals surface area contributed by atoms with Crippen LogP contribution in [0.2, 0.25) is 0 Å². The van der Waals surface area contributed by atoms with Crippen LogP contribution >= 0.6 is 0 Å². The van der Waals surface area contributed by atoms with Crippen molar-refractivity contribution in [1.29, 1.82) is 0 Å². The lowest BCUT2D eigenvalue weighted by Gasteiger charge is -2.14. The summed E-state index contributed by atoms with van der Waals surface area (Å²) >= 11 is 0. The first-order valence-electron chi connectivity index (χ1n) is 8.23. The van der Waals surface area contributed by atoms with E-state index in [0.717, 1.165) is 5.69 Å². The second kappa shape index (κ2) is 7.26. The first-order valence-corrected chi connectivity index (χ1v) is 8.23. The Labute approximate surface area is 148 Å². The number of hydrogen-bond acceptors (Lipinski definition) is 5. The van der Waals surface area contributed by atoms with Gasteiger partial charge in [-0.15, -0.1) is 0 Å². The van der Waals surface area contributed by atoms with Crippen LogP contribution in [0.1, 0.15) is 29.8 Å². The molecule has 2 aromatic rings. The zero-order chi connectivity index (χ0) is 18.7. The SMILES string of the molecule is Nc1c(C(=O)N[C@@H]2CC[C@H](C(=O)Nc3ccccc3)C2)[nH]c(=O)[nH]c1=O. The molecule has 1 heterocycles. The van der Waals surface area contributed by atoms with Crippen molar-refractivity contribution in [2.45, 2.75) is 25.3 Å². The largest absolute Gasteiger partial charge is 0.392 e. The Morgan fingerprint density at radius 2 is 1.81 bits per heavy atom. The monoisotopic (exact) mass is 357 g/mol. The molecule has 1 aliphatic rings. The van der Waals surface area contributed by atoms with Gasteiger partial charge in [0.1, 0.15) is 11.4 Å². The number of para-hydroxylation sites is 1. The van der Waals surface area contributed by atoms with Crippen LogP contribution in [-0.2, 0) is 4.79 Å². The summed E-state index contributed by atoms with van der Waals surface area (Å²) in [6, 6.07) is 8.90. The molecule has 2 amide bonds. The number of carbonyl (C=O) groups excluding carboxylic acids is 2. The number of rotatable bonds is 4. The Hall–Kier alpha value is -3.36. The van der Waals surface area contributed by atoms with Gasteiger partial charge in [-0.2, -0.15) is 0 Å². The number of amides is 2. The van der Waals surface area contributed by atoms with Gasteiger partial charge in [-0.05, 0) is 31.4 Å². The topological polar surface area (TPSA) is 150 Å². The van der Waals surface area contributed by atoms with Crippen molar-refractivity contribution >= 4 is 23.2 Å². The third-order valence-electron chi connectivity index (χ3n) is 4.39. The number of carbonyl (C=O) groups is 2. The minimum Gasteiger partial charge on any atom is -0.392 e. The molecule has 0 bridgehead atoms. The minimum absolute atomic E-state index is 0.1000. The minimum atomic E-state index is -0.814. The number of H-pyrrole nitrogens is 2. The number of anilines is 2. The van der Waals surface area contributed by atoms with E-state index < -0.39 is 17.2 Å². The molecular formula is C17H19N5O4. The Balaban J connectivity index is 1.61. The molecule has 9 heteroatoms. The maximum atomic E-state index is 12.3. The van der Waals surface area contributed by atoms with Crippen LogP contribution in [0.25, 0.3) is 0 Å². The van der Waals surface area contributed by atoms with Gasteiger partial charge in [-0.3, -0.25) is 19.4 Å². The number of nitrogens with one attached hydrogen (secondary N) is 4. The van der Waals surface area contributed by atoms with Crippen LogP contribution in [0.15, 0.2) is 39.9 Å². The highest BCUT2D eigenvalue weighted by Gasteiger charge is 2.31. The average Bonchev–Trinajstić information content (AvgIpc) is 3.07. The Morgan fingerprint density at radius 1 is 1.08 bits per heavy atom. The fourth-order valence-electron chi connectivity index (χ4n) is 3.05. The maximum Gasteiger partial charge on any atom is 0.326 e. The number of nitrogen functional groups attached to an aromatic ring is 1. The van der Waals surface area contributed by atoms with Gasteiger partial charge in [-0.25, -0.2) is 4.79 Å². The molecule has 0 saturated heterocycles. The summed E-state index contributed by atoms with van der Waals surface area (Å²) in [5.41, 5.74) is 4.03. The van der Waals surface area contributed by atoms with E-state index >= 15 is 0 Å². The molecule has 1 aromatic heterocycles. The van der Waals surface area contributed by atoms with E-state index in [-0.39, 0.29) is 29.2 Å². The highest BCUT2D eigenvalue weighted by Crippen LogP contribution is 2.27. The summed E-state index contributed by atoms with van der Waals surface area (Å²) in [4.78, 5) is 51.6. The third kappa shape index (κ3) is 3.82. The Bertz CT molecular complexity index is 934. The van der Waals surface area contributed by atoms with Crippen LogP contribution < -0.4 is 27.6 Å². The molecule has 1 saturated carbocycles. The van der Waals surface area contributed by atoms with E-state index in [1.807, 2.05) is 23.2 Å². The lowest BCUT2D eigenvalue weighted by Crippen LogP contribution is -2.38. The molecule has 1 fully saturated rings. The predicted molar refractivity (Wildman–Crippen MR) is 95.8 cm³/mol. The van der Waals surface area contributed by atoms with E-state index in [9.17, 15) is 19.2 Å². The van der Waals surface area contributed by atoms with Gasteiger partial charge in [0.15, 0.2) is 0 Å². The number of nitrogens with two attached hydrogens (primary N) is 1. The van der Waals surface area contributed by atoms with Gasteiger partial charge in [0.05, 0.1) is 0 Å². The van der Waals surface area contributed by atoms with Crippen LogP contribution in [0.5, 0.6) is 0 Å². The van der Waals surface area contributed by atoms with Gasteiger partial charge in [0, 0.05) is 17.6 Å². The number of hydrogen-bond donors (Lipinski definition) is 5. The zero-order valence-electron chi connectivity index (χ0n) is 13.9. The summed E-state index contributed by atoms with van der Waals surface area (Å²) in [6.07, 6.45) is 1.72. The van der Waals surface area contributed by atoms with Crippen molar-refractivity contribution in [3.05, 3.63) is 56.9 Å². The number of aromatic nitrogens is 2. The van der Waals surface area contributed by atoms with Crippen LogP contribution in [-0.4, -0.2) is 27.8 Å². The molecule has 1 aromatic carbocycles. The van der Waals surface area contributed by atoms with Gasteiger partial charge in [-0.1, -0.05) is 18.2 Å². The van der Waals surface area contributed by atoms with Crippen molar-refractivity contribution in [3.8, 4) is 0 Å². The van der Waals surface area contributed by atoms with E-state index in [1.54, 1.807) is 12.1 Å². The standard InChI is InChI=1S/C17H19N5O4/c18-12-13(21-17(26)22-15(12)24)16(25)20-11-7-6-9(8-11)14(23)19-10-4-2-1-3-5-10/h1-5,9,11H,6-8,18H2,(H,19,23)(H,20,25)(H2,21,22,24,26)/t9-,11+/m0/s1. The highest BCUT2D eigenvalue weighted by molar-refractivity contribution is 5.97. The predicted octanol–water partition coefficient (Wildman–Crippen LogP) is 0.183. The lowest BCUT2D eigenvalue weighted by molar-refractivity contribution is -0.119. The first kappa shape index (κ1) is 17.5. The lowest BCUT2D eigenvalue weighted by atomic mass is 10.1. The molecule has 26 heavy (non-hydrogen) atoms. The molecule has 1 aliphatic carbocycles. The normalized spacial score (nSPS) is 19.1. The van der Waals surface area contributed by atoms with Gasteiger partial charge in [0.25, 0.3) is 11.5 Å². The fraction of sp³-hybridized carbons (Fsp3) is 0.294. The Morgan fingerprint density at radius 3 is 2.54 bits per heavy atom. The second-order valence-corrected chi connectivity index (χ2v) is 6.23. The maximum absolute atomic E-state index is 12.3. The van der Waals surface area contributed by atoms with E-state index in [2.05, 4.69) is 15.6 Å². The second-order valence-electron chi connectivity index (χ2n) is 6.23. The summed E-state index contributed by atoms with van der Waals surface area (Å²) in [6.45, 7) is 0. The molecule has 0 aliphatic heterocycles. The highest BCUT2D eigenvalue weighted by atomic mass is 16.2. The van der Waals surface area contributed by atoms with Gasteiger partial charge < -0.3 is 21.4 Å². The molecule has 0 radical (unpaired) electrons. The number of benzene rings is 1. The molecule has 0 unspecified atom stereocenters. The molecule has 136 valence electrons. The number of aromatic amines is 2. The van der Waals surface area contributed by atoms with Crippen LogP contribution in [0.3, 0.4) is 0 Å². The molecule has 9 nitrogen and oxygen atoms in total. The summed E-state index contributed by atoms with van der Waals surface area (Å²) < 4.78 is 0. The smallest absolute Gasteiger partial charge is 0.326 e. The third-order valence-corrected chi connectivity index (χ3v) is 4.39. The van der Waals surface area contributed by atoms with Gasteiger partial charge in [0.2, 0.25) is 5.91 Å². The van der Waals surface area contributed by atoms with Crippen molar-refractivity contribution in [2.24, 2.45) is 5.92 Å². The van der Waals surface area contributed by atoms with Crippen LogP contribution in [0, 0.1) is 5.92 Å². The molecular weight excluding hydrogens is 338 g/mol. The Kier molecular flexibility index (Phi) is 4.87. The van der Waals surface area contributed by atoms with E-state index in [0.29, 0.717) is 19.3 Å². The summed E-state index contributed by atoms with van der Waals surface area (Å²) in [7, 11) is 0. The summed E-state index contributed by atoms with van der Waals surface area (Å²) in [5, 5.41) is 5.57. The summed E-state index contributed by atoms with van der Waals surface area (Å²) in [5.74, 6) is -0.965. The van der Waals surface area contributed by atoms with E-state index in [1.165, 1.54) is 0 Å². The first-order chi connectivity index (χ1) is 12.4. The van der Waals surface area contributed by atoms with Gasteiger partial charge >= 0.3 is 5.69 Å². The zero-order valence-corrected chi connectivity index (χ0v) is 13.9. The average molecular weight is 357 g/mol. The molecule has 0 spiro atoms. The van der Waals surface area contributed by atoms with Crippen molar-refractivity contribution in [1.82, 2.24) is 15.3 Å². The van der Waals surface area contributed by atoms with Crippen LogP contribution in [0.4, 0.5) is 11.4 Å². The van der Waals surface area contributed by atoms with Crippen molar-refractivity contribution in [3.63, 3.8) is 0 Å². The fourth-order valence-corrected chi connectivity index (χ4v) is 3.05. The van der Waals surface area contributed by atoms with Crippen molar-refractivity contribution < 1.29 is 9.59 Å². The molecule has 2 atom stereocenters.